The van der Waals surface area contributed by atoms with Crippen molar-refractivity contribution in [3.8, 4) is 5.69 Å². The molecule has 1 fully saturated rings. The van der Waals surface area contributed by atoms with Crippen LogP contribution in [0, 0.1) is 6.92 Å². The lowest BCUT2D eigenvalue weighted by molar-refractivity contribution is 0.468. The van der Waals surface area contributed by atoms with Gasteiger partial charge in [0.05, 0.1) is 12.2 Å². The Labute approximate surface area is 134 Å². The molecule has 22 heavy (non-hydrogen) atoms. The third kappa shape index (κ3) is 1.93. The smallest absolute Gasteiger partial charge is 0.224 e. The maximum absolute atomic E-state index is 6.09. The second-order valence-corrected chi connectivity index (χ2v) is 6.40. The maximum atomic E-state index is 6.09. The van der Waals surface area contributed by atoms with E-state index in [0.29, 0.717) is 11.3 Å². The fourth-order valence-electron chi connectivity index (χ4n) is 3.85. The summed E-state index contributed by atoms with van der Waals surface area (Å²) in [5, 5.41) is 9.01. The van der Waals surface area contributed by atoms with Crippen molar-refractivity contribution in [3.63, 3.8) is 0 Å². The Morgan fingerprint density at radius 3 is 2.77 bits per heavy atom. The molecule has 1 aliphatic heterocycles. The average molecular weight is 319 g/mol. The predicted octanol–water partition coefficient (Wildman–Crippen LogP) is 3.23. The van der Waals surface area contributed by atoms with Gasteiger partial charge in [-0.1, -0.05) is 19.8 Å². The van der Waals surface area contributed by atoms with Gasteiger partial charge in [0.15, 0.2) is 11.6 Å². The van der Waals surface area contributed by atoms with Crippen molar-refractivity contribution in [1.29, 1.82) is 0 Å². The number of anilines is 1. The van der Waals surface area contributed by atoms with Gasteiger partial charge in [0, 0.05) is 6.04 Å². The fraction of sp³-hybridized carbons (Fsp3) is 0.600. The van der Waals surface area contributed by atoms with Crippen molar-refractivity contribution >= 4 is 17.4 Å². The van der Waals surface area contributed by atoms with E-state index in [1.54, 1.807) is 6.20 Å². The number of aryl methyl sites for hydroxylation is 1. The van der Waals surface area contributed by atoms with Crippen LogP contribution in [-0.4, -0.2) is 30.8 Å². The van der Waals surface area contributed by atoms with Gasteiger partial charge in [0.2, 0.25) is 5.28 Å². The average Bonchev–Trinajstić information content (AvgIpc) is 3.16. The van der Waals surface area contributed by atoms with Gasteiger partial charge >= 0.3 is 0 Å². The zero-order valence-corrected chi connectivity index (χ0v) is 13.6. The Morgan fingerprint density at radius 2 is 2.05 bits per heavy atom. The standard InChI is InChI=1S/C15H19ClN6/c1-3-11-14-20-19-9(2)21(14)12-8-17-15(16)18-13(12)22(11)10-6-4-5-7-10/h8,10-11H,3-7H2,1-2H3/t11-/m1/s1. The molecule has 0 bridgehead atoms. The minimum absolute atomic E-state index is 0.197. The molecule has 2 aromatic heterocycles. The molecule has 7 heteroatoms. The molecule has 3 heterocycles. The van der Waals surface area contributed by atoms with Gasteiger partial charge in [-0.3, -0.25) is 4.57 Å². The Bertz CT molecular complexity index is 706. The highest BCUT2D eigenvalue weighted by molar-refractivity contribution is 6.28. The fourth-order valence-corrected chi connectivity index (χ4v) is 3.98. The van der Waals surface area contributed by atoms with Gasteiger partial charge in [-0.15, -0.1) is 10.2 Å². The highest BCUT2D eigenvalue weighted by Crippen LogP contribution is 2.43. The van der Waals surface area contributed by atoms with E-state index in [4.69, 9.17) is 11.6 Å². The molecule has 0 saturated heterocycles. The molecule has 0 N–H and O–H groups in total. The zero-order chi connectivity index (χ0) is 15.3. The highest BCUT2D eigenvalue weighted by Gasteiger charge is 2.39. The van der Waals surface area contributed by atoms with E-state index in [1.807, 2.05) is 6.92 Å². The number of hydrogen-bond acceptors (Lipinski definition) is 5. The van der Waals surface area contributed by atoms with Crippen LogP contribution in [0.4, 0.5) is 5.82 Å². The Kier molecular flexibility index (Phi) is 3.29. The van der Waals surface area contributed by atoms with Gasteiger partial charge in [-0.2, -0.15) is 4.98 Å². The molecule has 0 aromatic carbocycles. The third-order valence-corrected chi connectivity index (χ3v) is 4.98. The van der Waals surface area contributed by atoms with Gasteiger partial charge in [0.25, 0.3) is 0 Å². The molecule has 0 spiro atoms. The summed E-state index contributed by atoms with van der Waals surface area (Å²) in [6.07, 6.45) is 7.71. The number of nitrogens with zero attached hydrogens (tertiary/aromatic N) is 6. The van der Waals surface area contributed by atoms with Gasteiger partial charge in [0.1, 0.15) is 11.5 Å². The first-order valence-corrected chi connectivity index (χ1v) is 8.31. The van der Waals surface area contributed by atoms with Crippen molar-refractivity contribution in [3.05, 3.63) is 23.1 Å². The normalized spacial score (nSPS) is 21.0. The summed E-state index contributed by atoms with van der Waals surface area (Å²) in [5.74, 6) is 2.78. The summed E-state index contributed by atoms with van der Waals surface area (Å²) in [5.41, 5.74) is 0.943. The number of rotatable bonds is 2. The largest absolute Gasteiger partial charge is 0.341 e. The van der Waals surface area contributed by atoms with Crippen LogP contribution in [0.2, 0.25) is 5.28 Å². The first-order valence-electron chi connectivity index (χ1n) is 7.94. The Balaban J connectivity index is 1.94. The van der Waals surface area contributed by atoms with Crippen molar-refractivity contribution in [2.45, 2.75) is 58.0 Å². The van der Waals surface area contributed by atoms with Crippen LogP contribution in [-0.2, 0) is 0 Å². The number of fused-ring (bicyclic) bond motifs is 3. The van der Waals surface area contributed by atoms with Crippen LogP contribution < -0.4 is 4.90 Å². The van der Waals surface area contributed by atoms with Crippen LogP contribution >= 0.6 is 11.6 Å². The first kappa shape index (κ1) is 13.9. The van der Waals surface area contributed by atoms with E-state index >= 15 is 0 Å². The monoisotopic (exact) mass is 318 g/mol. The summed E-state index contributed by atoms with van der Waals surface area (Å²) >= 11 is 6.09. The van der Waals surface area contributed by atoms with Crippen molar-refractivity contribution in [2.24, 2.45) is 0 Å². The number of aromatic nitrogens is 5. The minimum Gasteiger partial charge on any atom is -0.341 e. The number of hydrogen-bond donors (Lipinski definition) is 0. The van der Waals surface area contributed by atoms with E-state index < -0.39 is 0 Å². The molecule has 0 unspecified atom stereocenters. The quantitative estimate of drug-likeness (QED) is 0.796. The molecular formula is C15H19ClN6. The predicted molar refractivity (Wildman–Crippen MR) is 84.5 cm³/mol. The lowest BCUT2D eigenvalue weighted by Crippen LogP contribution is -2.42. The summed E-state index contributed by atoms with van der Waals surface area (Å²) in [6.45, 7) is 4.15. The van der Waals surface area contributed by atoms with Gasteiger partial charge < -0.3 is 4.90 Å². The van der Waals surface area contributed by atoms with E-state index in [9.17, 15) is 0 Å². The Morgan fingerprint density at radius 1 is 1.27 bits per heavy atom. The lowest BCUT2D eigenvalue weighted by atomic mass is 10.0. The van der Waals surface area contributed by atoms with Crippen LogP contribution in [0.1, 0.15) is 56.7 Å². The molecule has 0 amide bonds. The van der Waals surface area contributed by atoms with Crippen molar-refractivity contribution in [1.82, 2.24) is 24.7 Å². The second kappa shape index (κ2) is 5.19. The minimum atomic E-state index is 0.197. The number of halogens is 1. The SMILES string of the molecule is CC[C@@H]1c2nnc(C)n2-c2cnc(Cl)nc2N1C1CCCC1. The van der Waals surface area contributed by atoms with Gasteiger partial charge in [-0.25, -0.2) is 4.98 Å². The van der Waals surface area contributed by atoms with Crippen LogP contribution in [0.15, 0.2) is 6.20 Å². The second-order valence-electron chi connectivity index (χ2n) is 6.06. The van der Waals surface area contributed by atoms with Crippen molar-refractivity contribution in [2.75, 3.05) is 4.90 Å². The summed E-state index contributed by atoms with van der Waals surface area (Å²) < 4.78 is 2.07. The lowest BCUT2D eigenvalue weighted by Gasteiger charge is -2.40. The Hall–Kier alpha value is -1.69. The highest BCUT2D eigenvalue weighted by atomic mass is 35.5. The molecule has 1 aliphatic carbocycles. The summed E-state index contributed by atoms with van der Waals surface area (Å²) in [4.78, 5) is 11.2. The van der Waals surface area contributed by atoms with E-state index in [0.717, 1.165) is 29.6 Å². The molecule has 1 saturated carbocycles. The van der Waals surface area contributed by atoms with E-state index in [1.165, 1.54) is 25.7 Å². The maximum Gasteiger partial charge on any atom is 0.224 e. The third-order valence-electron chi connectivity index (χ3n) is 4.79. The molecule has 2 aliphatic rings. The van der Waals surface area contributed by atoms with Crippen LogP contribution in [0.3, 0.4) is 0 Å². The first-order chi connectivity index (χ1) is 10.7. The molecule has 1 atom stereocenters. The molecular weight excluding hydrogens is 300 g/mol. The van der Waals surface area contributed by atoms with Gasteiger partial charge in [-0.05, 0) is 37.8 Å². The van der Waals surface area contributed by atoms with Crippen molar-refractivity contribution < 1.29 is 0 Å². The molecule has 2 aromatic rings. The molecule has 116 valence electrons. The van der Waals surface area contributed by atoms with Crippen LogP contribution in [0.5, 0.6) is 0 Å². The molecule has 0 radical (unpaired) electrons. The molecule has 6 nitrogen and oxygen atoms in total. The summed E-state index contributed by atoms with van der Waals surface area (Å²) in [6, 6.07) is 0.697. The van der Waals surface area contributed by atoms with E-state index in [-0.39, 0.29) is 6.04 Å². The molecule has 4 rings (SSSR count). The van der Waals surface area contributed by atoms with Crippen LogP contribution in [0.25, 0.3) is 5.69 Å². The summed E-state index contributed by atoms with van der Waals surface area (Å²) in [7, 11) is 0. The topological polar surface area (TPSA) is 59.7 Å². The van der Waals surface area contributed by atoms with E-state index in [2.05, 4.69) is 36.6 Å². The zero-order valence-electron chi connectivity index (χ0n) is 12.8.